The van der Waals surface area contributed by atoms with Crippen LogP contribution in [0.3, 0.4) is 0 Å². The summed E-state index contributed by atoms with van der Waals surface area (Å²) in [6.07, 6.45) is 0.326. The number of carbonyl (C=O) groups is 2. The van der Waals surface area contributed by atoms with Crippen molar-refractivity contribution >= 4 is 34.1 Å². The molecule has 0 aliphatic rings. The smallest absolute Gasteiger partial charge is 0.319 e. The van der Waals surface area contributed by atoms with Crippen LogP contribution in [-0.4, -0.2) is 28.2 Å². The molecule has 1 aromatic heterocycles. The van der Waals surface area contributed by atoms with Crippen molar-refractivity contribution in [1.82, 2.24) is 15.5 Å². The second-order valence-electron chi connectivity index (χ2n) is 10.2. The molecular weight excluding hydrogens is 506 g/mol. The first-order valence-electron chi connectivity index (χ1n) is 13.2. The minimum atomic E-state index is -0.826. The third-order valence-electron chi connectivity index (χ3n) is 6.44. The molecule has 4 aromatic rings. The molecule has 39 heavy (non-hydrogen) atoms. The first-order valence-corrected chi connectivity index (χ1v) is 14.0. The number of hydrogen-bond donors (Lipinski definition) is 3. The normalized spacial score (nSPS) is 11.9. The van der Waals surface area contributed by atoms with Crippen molar-refractivity contribution in [3.8, 4) is 10.6 Å². The maximum absolute atomic E-state index is 13.4. The molecule has 4 rings (SSSR count). The van der Waals surface area contributed by atoms with Gasteiger partial charge in [-0.15, -0.1) is 10.2 Å². The number of aryl methyl sites for hydroxylation is 1. The van der Waals surface area contributed by atoms with Gasteiger partial charge in [0, 0.05) is 17.7 Å². The van der Waals surface area contributed by atoms with E-state index in [1.54, 1.807) is 0 Å². The zero-order valence-electron chi connectivity index (χ0n) is 23.0. The van der Waals surface area contributed by atoms with Crippen LogP contribution in [0.1, 0.15) is 61.8 Å². The van der Waals surface area contributed by atoms with Crippen LogP contribution in [-0.2, 0) is 11.2 Å². The van der Waals surface area contributed by atoms with Gasteiger partial charge in [-0.1, -0.05) is 111 Å². The Morgan fingerprint density at radius 3 is 2.13 bits per heavy atom. The fourth-order valence-corrected chi connectivity index (χ4v) is 5.17. The molecule has 1 atom stereocenters. The number of anilines is 2. The van der Waals surface area contributed by atoms with Gasteiger partial charge in [0.05, 0.1) is 0 Å². The highest BCUT2D eigenvalue weighted by atomic mass is 32.1. The third kappa shape index (κ3) is 7.29. The maximum atomic E-state index is 13.4. The topological polar surface area (TPSA) is 96.0 Å². The Morgan fingerprint density at radius 1 is 0.821 bits per heavy atom. The first-order chi connectivity index (χ1) is 18.7. The number of nitrogens with zero attached hydrogens (tertiary/aromatic N) is 2. The molecular formula is C31H35N5O2S. The molecule has 8 heteroatoms. The van der Waals surface area contributed by atoms with Gasteiger partial charge in [0.2, 0.25) is 11.0 Å². The number of carbonyl (C=O) groups excluding carboxylic acids is 2. The van der Waals surface area contributed by atoms with Crippen molar-refractivity contribution in [2.45, 2.75) is 58.9 Å². The first kappa shape index (κ1) is 28.0. The summed E-state index contributed by atoms with van der Waals surface area (Å²) in [4.78, 5) is 26.8. The number of amides is 3. The zero-order valence-corrected chi connectivity index (χ0v) is 23.8. The van der Waals surface area contributed by atoms with E-state index in [9.17, 15) is 9.59 Å². The van der Waals surface area contributed by atoms with Crippen molar-refractivity contribution in [3.63, 3.8) is 0 Å². The van der Waals surface area contributed by atoms with Crippen molar-refractivity contribution in [1.29, 1.82) is 0 Å². The number of benzene rings is 3. The van der Waals surface area contributed by atoms with Crippen LogP contribution in [0.4, 0.5) is 15.6 Å². The highest BCUT2D eigenvalue weighted by Crippen LogP contribution is 2.32. The molecule has 7 nitrogen and oxygen atoms in total. The van der Waals surface area contributed by atoms with Gasteiger partial charge in [-0.3, -0.25) is 10.1 Å². The summed E-state index contributed by atoms with van der Waals surface area (Å²) in [6, 6.07) is 22.4. The molecule has 3 amide bonds. The summed E-state index contributed by atoms with van der Waals surface area (Å²) in [7, 11) is 0. The molecule has 0 bridgehead atoms. The number of hydrogen-bond acceptors (Lipinski definition) is 5. The molecule has 1 heterocycles. The van der Waals surface area contributed by atoms with E-state index in [-0.39, 0.29) is 17.7 Å². The predicted molar refractivity (Wildman–Crippen MR) is 159 cm³/mol. The Labute approximate surface area is 234 Å². The Morgan fingerprint density at radius 2 is 1.49 bits per heavy atom. The Bertz CT molecular complexity index is 1410. The molecule has 0 saturated heterocycles. The fraction of sp³-hybridized carbons (Fsp3) is 0.290. The summed E-state index contributed by atoms with van der Waals surface area (Å²) >= 11 is 1.30. The second-order valence-corrected chi connectivity index (χ2v) is 11.2. The highest BCUT2D eigenvalue weighted by Gasteiger charge is 2.24. The highest BCUT2D eigenvalue weighted by molar-refractivity contribution is 7.18. The number of rotatable bonds is 9. The zero-order chi connectivity index (χ0) is 27.9. The molecule has 202 valence electrons. The lowest BCUT2D eigenvalue weighted by molar-refractivity contribution is -0.117. The van der Waals surface area contributed by atoms with Gasteiger partial charge in [0.1, 0.15) is 11.0 Å². The van der Waals surface area contributed by atoms with E-state index in [2.05, 4.69) is 53.8 Å². The van der Waals surface area contributed by atoms with Crippen LogP contribution in [0.25, 0.3) is 10.6 Å². The largest absolute Gasteiger partial charge is 0.326 e. The van der Waals surface area contributed by atoms with E-state index in [1.165, 1.54) is 11.3 Å². The van der Waals surface area contributed by atoms with Gasteiger partial charge in [-0.05, 0) is 41.5 Å². The monoisotopic (exact) mass is 541 g/mol. The Hall–Kier alpha value is -4.04. The number of para-hydroxylation sites is 1. The van der Waals surface area contributed by atoms with Crippen LogP contribution < -0.4 is 16.0 Å². The molecule has 0 aliphatic carbocycles. The lowest BCUT2D eigenvalue weighted by atomic mass is 9.93. The van der Waals surface area contributed by atoms with Crippen molar-refractivity contribution in [2.24, 2.45) is 0 Å². The lowest BCUT2D eigenvalue weighted by Crippen LogP contribution is -2.47. The molecule has 0 radical (unpaired) electrons. The molecule has 3 N–H and O–H groups in total. The summed E-state index contributed by atoms with van der Waals surface area (Å²) in [6.45, 7) is 10.4. The average Bonchev–Trinajstić information content (AvgIpc) is 3.37. The van der Waals surface area contributed by atoms with Crippen LogP contribution in [0.15, 0.2) is 72.8 Å². The second kappa shape index (κ2) is 12.7. The fourth-order valence-electron chi connectivity index (χ4n) is 4.42. The van der Waals surface area contributed by atoms with Gasteiger partial charge in [-0.25, -0.2) is 4.79 Å². The minimum Gasteiger partial charge on any atom is -0.326 e. The Balaban J connectivity index is 1.54. The van der Waals surface area contributed by atoms with E-state index in [4.69, 9.17) is 0 Å². The van der Waals surface area contributed by atoms with Crippen molar-refractivity contribution in [3.05, 3.63) is 95.1 Å². The van der Waals surface area contributed by atoms with Crippen molar-refractivity contribution < 1.29 is 9.59 Å². The standard InChI is InChI=1S/C31H35N5O2S/c1-19(2)24-15-10-16-25(20(3)4)27(24)33-30(38)32-26(18-22-12-7-6-8-13-22)28(37)34-31-36-35-29(39-31)23-14-9-11-21(5)17-23/h6-17,19-20,26H,18H2,1-5H3,(H2,32,33,38)(H,34,36,37). The quantitative estimate of drug-likeness (QED) is 0.210. The van der Waals surface area contributed by atoms with Crippen LogP contribution >= 0.6 is 11.3 Å². The SMILES string of the molecule is Cc1cccc(-c2nnc(NC(=O)C(Cc3ccccc3)NC(=O)Nc3c(C(C)C)cccc3C(C)C)s2)c1. The van der Waals surface area contributed by atoms with Crippen LogP contribution in [0.2, 0.25) is 0 Å². The predicted octanol–water partition coefficient (Wildman–Crippen LogP) is 7.13. The van der Waals surface area contributed by atoms with Gasteiger partial charge in [-0.2, -0.15) is 0 Å². The van der Waals surface area contributed by atoms with E-state index in [0.29, 0.717) is 16.6 Å². The molecule has 3 aromatic carbocycles. The van der Waals surface area contributed by atoms with E-state index in [1.807, 2.05) is 79.7 Å². The molecule has 0 fully saturated rings. The van der Waals surface area contributed by atoms with Gasteiger partial charge >= 0.3 is 6.03 Å². The summed E-state index contributed by atoms with van der Waals surface area (Å²) in [5, 5.41) is 18.3. The molecule has 1 unspecified atom stereocenters. The van der Waals surface area contributed by atoms with E-state index >= 15 is 0 Å². The van der Waals surface area contributed by atoms with Crippen LogP contribution in [0.5, 0.6) is 0 Å². The van der Waals surface area contributed by atoms with Gasteiger partial charge in [0.25, 0.3) is 0 Å². The average molecular weight is 542 g/mol. The summed E-state index contributed by atoms with van der Waals surface area (Å²) < 4.78 is 0. The minimum absolute atomic E-state index is 0.224. The molecule has 0 aliphatic heterocycles. The number of urea groups is 1. The Kier molecular flexibility index (Phi) is 9.09. The number of aromatic nitrogens is 2. The van der Waals surface area contributed by atoms with Crippen molar-refractivity contribution in [2.75, 3.05) is 10.6 Å². The van der Waals surface area contributed by atoms with Crippen LogP contribution in [0, 0.1) is 6.92 Å². The molecule has 0 saturated carbocycles. The summed E-state index contributed by atoms with van der Waals surface area (Å²) in [5.74, 6) is 0.0898. The van der Waals surface area contributed by atoms with E-state index in [0.717, 1.165) is 33.5 Å². The summed E-state index contributed by atoms with van der Waals surface area (Å²) in [5.41, 5.74) is 5.89. The number of nitrogens with one attached hydrogen (secondary N) is 3. The third-order valence-corrected chi connectivity index (χ3v) is 7.32. The molecule has 0 spiro atoms. The van der Waals surface area contributed by atoms with Gasteiger partial charge in [0.15, 0.2) is 0 Å². The van der Waals surface area contributed by atoms with Gasteiger partial charge < -0.3 is 10.6 Å². The van der Waals surface area contributed by atoms with E-state index < -0.39 is 12.1 Å². The lowest BCUT2D eigenvalue weighted by Gasteiger charge is -2.22. The maximum Gasteiger partial charge on any atom is 0.319 e.